The van der Waals surface area contributed by atoms with Crippen molar-refractivity contribution in [3.05, 3.63) is 34.6 Å². The van der Waals surface area contributed by atoms with Crippen LogP contribution in [0.1, 0.15) is 49.5 Å². The number of halogens is 1. The highest BCUT2D eigenvalue weighted by molar-refractivity contribution is 5.31. The molecule has 2 unspecified atom stereocenters. The highest BCUT2D eigenvalue weighted by Gasteiger charge is 2.17. The molecule has 2 heteroatoms. The molecule has 0 saturated heterocycles. The average molecular weight is 224 g/mol. The van der Waals surface area contributed by atoms with Gasteiger partial charge in [-0.3, -0.25) is 0 Å². The fourth-order valence-corrected chi connectivity index (χ4v) is 2.09. The second kappa shape index (κ2) is 5.44. The lowest BCUT2D eigenvalue weighted by atomic mass is 9.91. The normalized spacial score (nSPS) is 14.9. The van der Waals surface area contributed by atoms with E-state index in [0.29, 0.717) is 11.1 Å². The summed E-state index contributed by atoms with van der Waals surface area (Å²) >= 11 is 0. The van der Waals surface area contributed by atoms with Crippen LogP contribution in [0.2, 0.25) is 0 Å². The summed E-state index contributed by atoms with van der Waals surface area (Å²) in [6.07, 6.45) is 1.55. The van der Waals surface area contributed by atoms with Crippen molar-refractivity contribution in [3.8, 4) is 0 Å². The van der Waals surface area contributed by atoms with Crippen molar-refractivity contribution in [3.63, 3.8) is 0 Å². The van der Waals surface area contributed by atoms with Crippen molar-refractivity contribution in [2.24, 2.45) is 5.92 Å². The molecule has 0 aliphatic heterocycles. The van der Waals surface area contributed by atoms with Gasteiger partial charge in [-0.1, -0.05) is 32.4 Å². The minimum absolute atomic E-state index is 0.168. The zero-order valence-electron chi connectivity index (χ0n) is 10.5. The first kappa shape index (κ1) is 13.2. The van der Waals surface area contributed by atoms with Crippen LogP contribution in [0.5, 0.6) is 0 Å². The number of rotatable bonds is 4. The number of hydrogen-bond acceptors (Lipinski definition) is 1. The predicted molar refractivity (Wildman–Crippen MR) is 64.9 cm³/mol. The molecular weight excluding hydrogens is 203 g/mol. The zero-order chi connectivity index (χ0) is 12.3. The summed E-state index contributed by atoms with van der Waals surface area (Å²) in [6, 6.07) is 3.50. The van der Waals surface area contributed by atoms with Crippen LogP contribution in [0.3, 0.4) is 0 Å². The minimum atomic E-state index is -0.488. The summed E-state index contributed by atoms with van der Waals surface area (Å²) in [4.78, 5) is 0. The molecule has 0 spiro atoms. The smallest absolute Gasteiger partial charge is 0.129 e. The van der Waals surface area contributed by atoms with Crippen molar-refractivity contribution in [1.82, 2.24) is 0 Å². The molecule has 1 aromatic carbocycles. The molecule has 0 aliphatic rings. The molecule has 0 radical (unpaired) electrons. The van der Waals surface area contributed by atoms with Gasteiger partial charge in [0.2, 0.25) is 0 Å². The second-order valence-electron chi connectivity index (χ2n) is 4.68. The first-order chi connectivity index (χ1) is 7.47. The van der Waals surface area contributed by atoms with Crippen LogP contribution in [-0.2, 0) is 0 Å². The Hall–Kier alpha value is -0.890. The molecule has 1 rings (SSSR count). The molecule has 2 atom stereocenters. The predicted octanol–water partition coefficient (Wildman–Crippen LogP) is 3.91. The van der Waals surface area contributed by atoms with Gasteiger partial charge in [0.05, 0.1) is 6.10 Å². The van der Waals surface area contributed by atoms with Crippen LogP contribution in [0.4, 0.5) is 4.39 Å². The van der Waals surface area contributed by atoms with Gasteiger partial charge in [0, 0.05) is 0 Å². The van der Waals surface area contributed by atoms with E-state index in [0.717, 1.165) is 18.4 Å². The van der Waals surface area contributed by atoms with Gasteiger partial charge in [0.15, 0.2) is 0 Å². The number of aryl methyl sites for hydroxylation is 2. The third-order valence-electron chi connectivity index (χ3n) is 3.08. The lowest BCUT2D eigenvalue weighted by Crippen LogP contribution is -2.10. The summed E-state index contributed by atoms with van der Waals surface area (Å²) in [5.74, 6) is 0.0494. The van der Waals surface area contributed by atoms with Crippen molar-refractivity contribution in [1.29, 1.82) is 0 Å². The first-order valence-electron chi connectivity index (χ1n) is 5.92. The molecule has 1 nitrogen and oxygen atoms in total. The monoisotopic (exact) mass is 224 g/mol. The topological polar surface area (TPSA) is 20.2 Å². The zero-order valence-corrected chi connectivity index (χ0v) is 10.5. The maximum Gasteiger partial charge on any atom is 0.129 e. The third kappa shape index (κ3) is 2.82. The Balaban J connectivity index is 2.96. The van der Waals surface area contributed by atoms with E-state index in [9.17, 15) is 9.50 Å². The van der Waals surface area contributed by atoms with Gasteiger partial charge in [-0.05, 0) is 42.9 Å². The van der Waals surface area contributed by atoms with Gasteiger partial charge in [0.25, 0.3) is 0 Å². The lowest BCUT2D eigenvalue weighted by molar-refractivity contribution is 0.112. The average Bonchev–Trinajstić information content (AvgIpc) is 2.24. The summed E-state index contributed by atoms with van der Waals surface area (Å²) in [7, 11) is 0. The number of hydrogen-bond donors (Lipinski definition) is 1. The Bertz CT molecular complexity index is 337. The summed E-state index contributed by atoms with van der Waals surface area (Å²) in [5.41, 5.74) is 2.05. The van der Waals surface area contributed by atoms with Gasteiger partial charge < -0.3 is 5.11 Å². The molecule has 16 heavy (non-hydrogen) atoms. The second-order valence-corrected chi connectivity index (χ2v) is 4.68. The number of aliphatic hydroxyl groups excluding tert-OH is 1. The van der Waals surface area contributed by atoms with E-state index in [1.807, 2.05) is 6.92 Å². The highest BCUT2D eigenvalue weighted by atomic mass is 19.1. The maximum atomic E-state index is 13.4. The van der Waals surface area contributed by atoms with Crippen LogP contribution >= 0.6 is 0 Å². The first-order valence-corrected chi connectivity index (χ1v) is 5.92. The number of aliphatic hydroxyl groups is 1. The van der Waals surface area contributed by atoms with Crippen LogP contribution in [0, 0.1) is 25.6 Å². The van der Waals surface area contributed by atoms with E-state index < -0.39 is 6.10 Å². The maximum absolute atomic E-state index is 13.4. The molecule has 0 aromatic heterocycles. The van der Waals surface area contributed by atoms with E-state index >= 15 is 0 Å². The lowest BCUT2D eigenvalue weighted by Gasteiger charge is -2.19. The molecule has 0 amide bonds. The Kier molecular flexibility index (Phi) is 4.48. The Morgan fingerprint density at radius 2 is 1.75 bits per heavy atom. The molecular formula is C14H21FO. The van der Waals surface area contributed by atoms with E-state index in [4.69, 9.17) is 0 Å². The van der Waals surface area contributed by atoms with Crippen LogP contribution < -0.4 is 0 Å². The molecule has 1 aromatic rings. The Labute approximate surface area is 97.3 Å². The fourth-order valence-electron chi connectivity index (χ4n) is 2.09. The summed E-state index contributed by atoms with van der Waals surface area (Å²) < 4.78 is 13.4. The van der Waals surface area contributed by atoms with Crippen LogP contribution in [0.15, 0.2) is 12.1 Å². The van der Waals surface area contributed by atoms with Gasteiger partial charge in [-0.2, -0.15) is 0 Å². The Morgan fingerprint density at radius 3 is 2.19 bits per heavy atom. The largest absolute Gasteiger partial charge is 0.388 e. The highest BCUT2D eigenvalue weighted by Crippen LogP contribution is 2.27. The molecule has 1 N–H and O–H groups in total. The minimum Gasteiger partial charge on any atom is -0.388 e. The van der Waals surface area contributed by atoms with Crippen LogP contribution in [0.25, 0.3) is 0 Å². The third-order valence-corrected chi connectivity index (χ3v) is 3.08. The molecule has 0 heterocycles. The molecule has 0 aliphatic carbocycles. The van der Waals surface area contributed by atoms with E-state index in [-0.39, 0.29) is 11.7 Å². The van der Waals surface area contributed by atoms with E-state index in [1.54, 1.807) is 26.0 Å². The molecule has 0 bridgehead atoms. The van der Waals surface area contributed by atoms with Gasteiger partial charge in [-0.15, -0.1) is 0 Å². The molecule has 90 valence electrons. The Morgan fingerprint density at radius 1 is 1.25 bits per heavy atom. The summed E-state index contributed by atoms with van der Waals surface area (Å²) in [5, 5.41) is 10.1. The van der Waals surface area contributed by atoms with Gasteiger partial charge >= 0.3 is 0 Å². The van der Waals surface area contributed by atoms with Crippen LogP contribution in [-0.4, -0.2) is 5.11 Å². The van der Waals surface area contributed by atoms with Crippen molar-refractivity contribution in [2.75, 3.05) is 0 Å². The summed E-state index contributed by atoms with van der Waals surface area (Å²) in [6.45, 7) is 7.61. The van der Waals surface area contributed by atoms with Crippen molar-refractivity contribution in [2.45, 2.75) is 46.6 Å². The fraction of sp³-hybridized carbons (Fsp3) is 0.571. The van der Waals surface area contributed by atoms with E-state index in [2.05, 4.69) is 6.92 Å². The van der Waals surface area contributed by atoms with Crippen molar-refractivity contribution >= 4 is 0 Å². The standard InChI is InChI=1S/C14H21FO/c1-5-6-9(2)14(16)12-7-10(3)13(15)11(4)8-12/h7-9,14,16H,5-6H2,1-4H3. The number of benzene rings is 1. The molecule has 0 fully saturated rings. The van der Waals surface area contributed by atoms with E-state index in [1.165, 1.54) is 0 Å². The van der Waals surface area contributed by atoms with Gasteiger partial charge in [0.1, 0.15) is 5.82 Å². The quantitative estimate of drug-likeness (QED) is 0.822. The molecule has 0 saturated carbocycles. The SMILES string of the molecule is CCCC(C)C(O)c1cc(C)c(F)c(C)c1. The van der Waals surface area contributed by atoms with Gasteiger partial charge in [-0.25, -0.2) is 4.39 Å². The van der Waals surface area contributed by atoms with Crippen molar-refractivity contribution < 1.29 is 9.50 Å².